The van der Waals surface area contributed by atoms with E-state index in [1.54, 1.807) is 6.07 Å². The van der Waals surface area contributed by atoms with Crippen molar-refractivity contribution in [1.29, 1.82) is 5.26 Å². The number of H-pyrrole nitrogens is 1. The Kier molecular flexibility index (Phi) is 3.57. The van der Waals surface area contributed by atoms with Gasteiger partial charge in [-0.1, -0.05) is 43.3 Å². The maximum Gasteiger partial charge on any atom is 0.201 e. The van der Waals surface area contributed by atoms with Crippen molar-refractivity contribution in [1.82, 2.24) is 9.97 Å². The van der Waals surface area contributed by atoms with Gasteiger partial charge in [0.15, 0.2) is 0 Å². The number of aromatic amines is 1. The zero-order chi connectivity index (χ0) is 14.7. The van der Waals surface area contributed by atoms with Gasteiger partial charge in [-0.05, 0) is 23.6 Å². The SMILES string of the molecule is CC(CNc1nc2c(C#N)cccc2[nH]1)c1ccccc1. The van der Waals surface area contributed by atoms with Crippen LogP contribution in [0.1, 0.15) is 24.0 Å². The number of nitrogens with one attached hydrogen (secondary N) is 2. The van der Waals surface area contributed by atoms with E-state index < -0.39 is 0 Å². The summed E-state index contributed by atoms with van der Waals surface area (Å²) in [5.41, 5.74) is 3.48. The maximum absolute atomic E-state index is 9.09. The quantitative estimate of drug-likeness (QED) is 0.764. The highest BCUT2D eigenvalue weighted by atomic mass is 15.1. The third-order valence-corrected chi connectivity index (χ3v) is 3.58. The first-order valence-electron chi connectivity index (χ1n) is 6.95. The fourth-order valence-corrected chi connectivity index (χ4v) is 2.36. The van der Waals surface area contributed by atoms with E-state index in [-0.39, 0.29) is 0 Å². The molecule has 0 spiro atoms. The third-order valence-electron chi connectivity index (χ3n) is 3.58. The summed E-state index contributed by atoms with van der Waals surface area (Å²) in [6.07, 6.45) is 0. The molecule has 3 aromatic rings. The molecule has 3 rings (SSSR count). The fourth-order valence-electron chi connectivity index (χ4n) is 2.36. The van der Waals surface area contributed by atoms with Crippen molar-refractivity contribution in [2.24, 2.45) is 0 Å². The molecular formula is C17H16N4. The molecule has 0 fully saturated rings. The molecule has 2 aromatic carbocycles. The highest BCUT2D eigenvalue weighted by molar-refractivity contribution is 5.83. The molecule has 0 radical (unpaired) electrons. The number of hydrogen-bond donors (Lipinski definition) is 2. The predicted octanol–water partition coefficient (Wildman–Crippen LogP) is 3.65. The minimum absolute atomic E-state index is 0.384. The number of anilines is 1. The van der Waals surface area contributed by atoms with Crippen molar-refractivity contribution in [2.75, 3.05) is 11.9 Å². The number of rotatable bonds is 4. The van der Waals surface area contributed by atoms with Crippen LogP contribution in [0.5, 0.6) is 0 Å². The van der Waals surface area contributed by atoms with Crippen molar-refractivity contribution in [3.63, 3.8) is 0 Å². The van der Waals surface area contributed by atoms with Crippen LogP contribution in [0.15, 0.2) is 48.5 Å². The molecule has 0 saturated carbocycles. The van der Waals surface area contributed by atoms with Crippen LogP contribution in [-0.2, 0) is 0 Å². The van der Waals surface area contributed by atoms with Crippen molar-refractivity contribution >= 4 is 17.0 Å². The molecule has 1 aromatic heterocycles. The number of hydrogen-bond acceptors (Lipinski definition) is 3. The molecule has 21 heavy (non-hydrogen) atoms. The molecule has 1 heterocycles. The van der Waals surface area contributed by atoms with Gasteiger partial charge in [0, 0.05) is 6.54 Å². The van der Waals surface area contributed by atoms with Crippen molar-refractivity contribution < 1.29 is 0 Å². The number of fused-ring (bicyclic) bond motifs is 1. The first-order chi connectivity index (χ1) is 10.3. The molecule has 0 aliphatic carbocycles. The average Bonchev–Trinajstić information content (AvgIpc) is 2.96. The first-order valence-corrected chi connectivity index (χ1v) is 6.95. The summed E-state index contributed by atoms with van der Waals surface area (Å²) in [6, 6.07) is 18.1. The summed E-state index contributed by atoms with van der Waals surface area (Å²) < 4.78 is 0. The van der Waals surface area contributed by atoms with Gasteiger partial charge >= 0.3 is 0 Å². The Morgan fingerprint density at radius 1 is 1.19 bits per heavy atom. The lowest BCUT2D eigenvalue weighted by atomic mass is 10.0. The van der Waals surface area contributed by atoms with Gasteiger partial charge in [0.2, 0.25) is 5.95 Å². The van der Waals surface area contributed by atoms with Crippen LogP contribution in [0, 0.1) is 11.3 Å². The van der Waals surface area contributed by atoms with Gasteiger partial charge in [0.1, 0.15) is 11.6 Å². The lowest BCUT2D eigenvalue weighted by molar-refractivity contribution is 0.799. The molecule has 2 N–H and O–H groups in total. The second-order valence-electron chi connectivity index (χ2n) is 5.09. The van der Waals surface area contributed by atoms with E-state index in [1.165, 1.54) is 5.56 Å². The maximum atomic E-state index is 9.09. The van der Waals surface area contributed by atoms with Crippen molar-refractivity contribution in [3.05, 3.63) is 59.7 Å². The molecule has 4 heteroatoms. The largest absolute Gasteiger partial charge is 0.355 e. The molecular weight excluding hydrogens is 260 g/mol. The molecule has 0 aliphatic heterocycles. The zero-order valence-electron chi connectivity index (χ0n) is 11.8. The molecule has 104 valence electrons. The number of nitrogens with zero attached hydrogens (tertiary/aromatic N) is 2. The van der Waals surface area contributed by atoms with Gasteiger partial charge in [-0.2, -0.15) is 5.26 Å². The number of nitriles is 1. The number of para-hydroxylation sites is 1. The van der Waals surface area contributed by atoms with Gasteiger partial charge in [0.25, 0.3) is 0 Å². The van der Waals surface area contributed by atoms with E-state index in [1.807, 2.05) is 30.3 Å². The second-order valence-corrected chi connectivity index (χ2v) is 5.09. The van der Waals surface area contributed by atoms with Gasteiger partial charge in [0.05, 0.1) is 11.1 Å². The summed E-state index contributed by atoms with van der Waals surface area (Å²) >= 11 is 0. The van der Waals surface area contributed by atoms with E-state index in [9.17, 15) is 0 Å². The fraction of sp³-hybridized carbons (Fsp3) is 0.176. The smallest absolute Gasteiger partial charge is 0.201 e. The Hall–Kier alpha value is -2.80. The van der Waals surface area contributed by atoms with Crippen LogP contribution in [0.25, 0.3) is 11.0 Å². The van der Waals surface area contributed by atoms with Gasteiger partial charge in [-0.3, -0.25) is 0 Å². The molecule has 0 aliphatic rings. The topological polar surface area (TPSA) is 64.5 Å². The lowest BCUT2D eigenvalue weighted by Crippen LogP contribution is -2.10. The van der Waals surface area contributed by atoms with Crippen LogP contribution < -0.4 is 5.32 Å². The molecule has 0 saturated heterocycles. The summed E-state index contributed by atoms with van der Waals surface area (Å²) in [5, 5.41) is 12.4. The zero-order valence-corrected chi connectivity index (χ0v) is 11.8. The van der Waals surface area contributed by atoms with Crippen molar-refractivity contribution in [3.8, 4) is 6.07 Å². The normalized spacial score (nSPS) is 12.0. The van der Waals surface area contributed by atoms with E-state index in [0.29, 0.717) is 17.4 Å². The van der Waals surface area contributed by atoms with E-state index in [4.69, 9.17) is 5.26 Å². The highest BCUT2D eigenvalue weighted by Gasteiger charge is 2.09. The first kappa shape index (κ1) is 13.2. The van der Waals surface area contributed by atoms with Crippen LogP contribution in [-0.4, -0.2) is 16.5 Å². The van der Waals surface area contributed by atoms with Gasteiger partial charge in [-0.15, -0.1) is 0 Å². The summed E-state index contributed by atoms with van der Waals surface area (Å²) in [6.45, 7) is 2.96. The van der Waals surface area contributed by atoms with Gasteiger partial charge in [-0.25, -0.2) is 4.98 Å². The standard InChI is InChI=1S/C17H16N4/c1-12(13-6-3-2-4-7-13)11-19-17-20-15-9-5-8-14(10-18)16(15)21-17/h2-9,12H,11H2,1H3,(H2,19,20,21). The van der Waals surface area contributed by atoms with Crippen LogP contribution >= 0.6 is 0 Å². The summed E-state index contributed by atoms with van der Waals surface area (Å²) in [7, 11) is 0. The molecule has 1 unspecified atom stereocenters. The minimum Gasteiger partial charge on any atom is -0.355 e. The Labute approximate surface area is 123 Å². The molecule has 0 bridgehead atoms. The van der Waals surface area contributed by atoms with Crippen molar-refractivity contribution in [2.45, 2.75) is 12.8 Å². The van der Waals surface area contributed by atoms with E-state index >= 15 is 0 Å². The van der Waals surface area contributed by atoms with E-state index in [2.05, 4.69) is 40.4 Å². The lowest BCUT2D eigenvalue weighted by Gasteiger charge is -2.12. The Balaban J connectivity index is 1.76. The predicted molar refractivity (Wildman–Crippen MR) is 84.2 cm³/mol. The van der Waals surface area contributed by atoms with Crippen LogP contribution in [0.4, 0.5) is 5.95 Å². The number of benzene rings is 2. The Bertz CT molecular complexity index is 783. The Morgan fingerprint density at radius 3 is 2.76 bits per heavy atom. The monoisotopic (exact) mass is 276 g/mol. The average molecular weight is 276 g/mol. The van der Waals surface area contributed by atoms with E-state index in [0.717, 1.165) is 17.6 Å². The molecule has 4 nitrogen and oxygen atoms in total. The number of aromatic nitrogens is 2. The Morgan fingerprint density at radius 2 is 2.00 bits per heavy atom. The highest BCUT2D eigenvalue weighted by Crippen LogP contribution is 2.19. The minimum atomic E-state index is 0.384. The van der Waals surface area contributed by atoms with Crippen LogP contribution in [0.3, 0.4) is 0 Å². The summed E-state index contributed by atoms with van der Waals surface area (Å²) in [5.74, 6) is 1.09. The number of imidazole rings is 1. The summed E-state index contributed by atoms with van der Waals surface area (Å²) in [4.78, 5) is 7.66. The van der Waals surface area contributed by atoms with Gasteiger partial charge < -0.3 is 10.3 Å². The third kappa shape index (κ3) is 2.72. The van der Waals surface area contributed by atoms with Crippen LogP contribution in [0.2, 0.25) is 0 Å². The molecule has 1 atom stereocenters. The second kappa shape index (κ2) is 5.68. The molecule has 0 amide bonds.